The zero-order chi connectivity index (χ0) is 16.4. The fourth-order valence-corrected chi connectivity index (χ4v) is 3.80. The van der Waals surface area contributed by atoms with Crippen LogP contribution in [-0.2, 0) is 16.6 Å². The first-order valence-electron chi connectivity index (χ1n) is 7.55. The Labute approximate surface area is 135 Å². The highest BCUT2D eigenvalue weighted by molar-refractivity contribution is 7.88. The Kier molecular flexibility index (Phi) is 4.45. The summed E-state index contributed by atoms with van der Waals surface area (Å²) < 4.78 is 30.4. The lowest BCUT2D eigenvalue weighted by molar-refractivity contribution is 0.112. The number of hydrogen-bond acceptors (Lipinski definition) is 6. The summed E-state index contributed by atoms with van der Waals surface area (Å²) in [5.74, 6) is 0.949. The third-order valence-corrected chi connectivity index (χ3v) is 5.63. The molecule has 0 aliphatic carbocycles. The molecule has 2 aliphatic rings. The summed E-state index contributed by atoms with van der Waals surface area (Å²) in [5, 5.41) is 8.03. The molecular weight excluding hydrogens is 318 g/mol. The number of nitrogens with zero attached hydrogens (tertiary/aromatic N) is 3. The van der Waals surface area contributed by atoms with Crippen molar-refractivity contribution in [3.8, 4) is 5.75 Å². The topological polar surface area (TPSA) is 88.4 Å². The van der Waals surface area contributed by atoms with E-state index in [4.69, 9.17) is 4.74 Å². The van der Waals surface area contributed by atoms with Gasteiger partial charge in [0.1, 0.15) is 17.7 Å². The Morgan fingerprint density at radius 3 is 2.74 bits per heavy atom. The number of fused-ring (bicyclic) bond motifs is 1. The van der Waals surface area contributed by atoms with Crippen molar-refractivity contribution >= 4 is 22.0 Å². The van der Waals surface area contributed by atoms with Crippen molar-refractivity contribution < 1.29 is 17.9 Å². The molecule has 1 aromatic rings. The second-order valence-corrected chi connectivity index (χ2v) is 7.90. The molecule has 0 radical (unpaired) electrons. The minimum atomic E-state index is -3.10. The van der Waals surface area contributed by atoms with Crippen LogP contribution in [0.2, 0.25) is 0 Å². The van der Waals surface area contributed by atoms with Gasteiger partial charge in [0.2, 0.25) is 10.0 Å². The van der Waals surface area contributed by atoms with Crippen molar-refractivity contribution in [3.63, 3.8) is 0 Å². The molecule has 1 fully saturated rings. The van der Waals surface area contributed by atoms with Crippen molar-refractivity contribution in [2.75, 3.05) is 26.0 Å². The maximum absolute atomic E-state index is 11.5. The van der Waals surface area contributed by atoms with Crippen LogP contribution >= 0.6 is 0 Å². The van der Waals surface area contributed by atoms with E-state index in [1.807, 2.05) is 0 Å². The summed E-state index contributed by atoms with van der Waals surface area (Å²) in [4.78, 5) is 11.0. The molecule has 3 rings (SSSR count). The predicted octanol–water partition coefficient (Wildman–Crippen LogP) is 2.15. The Balaban J connectivity index is 1.61. The molecule has 0 aromatic heterocycles. The van der Waals surface area contributed by atoms with Crippen LogP contribution in [0.4, 0.5) is 5.69 Å². The van der Waals surface area contributed by atoms with Crippen molar-refractivity contribution in [3.05, 3.63) is 23.3 Å². The Hall–Kier alpha value is -1.80. The molecule has 0 amide bonds. The van der Waals surface area contributed by atoms with Crippen LogP contribution in [0, 0.1) is 5.92 Å². The van der Waals surface area contributed by atoms with Crippen molar-refractivity contribution in [1.82, 2.24) is 4.31 Å². The maximum Gasteiger partial charge on any atom is 0.211 e. The number of carbonyl (C=O) groups is 1. The van der Waals surface area contributed by atoms with Crippen LogP contribution in [0.5, 0.6) is 5.75 Å². The average molecular weight is 337 g/mol. The lowest BCUT2D eigenvalue weighted by atomic mass is 9.99. The van der Waals surface area contributed by atoms with E-state index in [9.17, 15) is 13.2 Å². The van der Waals surface area contributed by atoms with Crippen LogP contribution in [0.25, 0.3) is 0 Å². The second kappa shape index (κ2) is 6.37. The van der Waals surface area contributed by atoms with Gasteiger partial charge in [-0.25, -0.2) is 12.7 Å². The molecule has 0 atom stereocenters. The molecular formula is C15H19N3O4S. The third-order valence-electron chi connectivity index (χ3n) is 4.33. The highest BCUT2D eigenvalue weighted by Gasteiger charge is 2.26. The maximum atomic E-state index is 11.5. The molecule has 23 heavy (non-hydrogen) atoms. The number of benzene rings is 1. The number of ether oxygens (including phenoxy) is 1. The van der Waals surface area contributed by atoms with Gasteiger partial charge in [0, 0.05) is 24.2 Å². The van der Waals surface area contributed by atoms with E-state index < -0.39 is 10.0 Å². The highest BCUT2D eigenvalue weighted by Crippen LogP contribution is 2.38. The number of sulfonamides is 1. The molecule has 8 heteroatoms. The Bertz CT molecular complexity index is 737. The largest absolute Gasteiger partial charge is 0.491 e. The lowest BCUT2D eigenvalue weighted by Crippen LogP contribution is -2.39. The molecule has 0 saturated carbocycles. The molecule has 1 saturated heterocycles. The lowest BCUT2D eigenvalue weighted by Gasteiger charge is -2.30. The smallest absolute Gasteiger partial charge is 0.211 e. The predicted molar refractivity (Wildman–Crippen MR) is 84.7 cm³/mol. The van der Waals surface area contributed by atoms with Gasteiger partial charge in [-0.3, -0.25) is 4.79 Å². The molecule has 0 unspecified atom stereocenters. The van der Waals surface area contributed by atoms with Crippen molar-refractivity contribution in [2.24, 2.45) is 16.1 Å². The van der Waals surface area contributed by atoms with E-state index >= 15 is 0 Å². The van der Waals surface area contributed by atoms with Gasteiger partial charge < -0.3 is 4.74 Å². The molecule has 2 heterocycles. The molecule has 1 aromatic carbocycles. The van der Waals surface area contributed by atoms with Crippen molar-refractivity contribution in [1.29, 1.82) is 0 Å². The Morgan fingerprint density at radius 1 is 1.35 bits per heavy atom. The van der Waals surface area contributed by atoms with Gasteiger partial charge in [-0.05, 0) is 30.9 Å². The van der Waals surface area contributed by atoms with E-state index in [0.717, 1.165) is 24.7 Å². The van der Waals surface area contributed by atoms with Gasteiger partial charge in [0.05, 0.1) is 19.4 Å². The van der Waals surface area contributed by atoms with E-state index in [1.54, 1.807) is 12.1 Å². The SMILES string of the molecule is CS(=O)(=O)N1CCC(COc2ccc(C=O)c3c2N=NC3)CC1. The summed E-state index contributed by atoms with van der Waals surface area (Å²) in [6.07, 6.45) is 3.61. The summed E-state index contributed by atoms with van der Waals surface area (Å²) in [6, 6.07) is 3.47. The zero-order valence-electron chi connectivity index (χ0n) is 12.9. The van der Waals surface area contributed by atoms with Gasteiger partial charge in [0.15, 0.2) is 0 Å². The zero-order valence-corrected chi connectivity index (χ0v) is 13.8. The summed E-state index contributed by atoms with van der Waals surface area (Å²) in [6.45, 7) is 2.00. The summed E-state index contributed by atoms with van der Waals surface area (Å²) in [5.41, 5.74) is 2.05. The van der Waals surface area contributed by atoms with Crippen LogP contribution in [-0.4, -0.2) is 45.0 Å². The quantitative estimate of drug-likeness (QED) is 0.770. The fraction of sp³-hybridized carbons (Fsp3) is 0.533. The van der Waals surface area contributed by atoms with Gasteiger partial charge in [-0.15, -0.1) is 0 Å². The van der Waals surface area contributed by atoms with Gasteiger partial charge in [-0.1, -0.05) is 0 Å². The number of piperidine rings is 1. The van der Waals surface area contributed by atoms with Crippen LogP contribution < -0.4 is 4.74 Å². The normalized spacial score (nSPS) is 18.8. The molecule has 0 bridgehead atoms. The minimum Gasteiger partial charge on any atom is -0.491 e. The first-order valence-corrected chi connectivity index (χ1v) is 9.40. The number of aldehydes is 1. The van der Waals surface area contributed by atoms with Gasteiger partial charge >= 0.3 is 0 Å². The second-order valence-electron chi connectivity index (χ2n) is 5.91. The van der Waals surface area contributed by atoms with Crippen LogP contribution in [0.3, 0.4) is 0 Å². The first-order chi connectivity index (χ1) is 11.0. The van der Waals surface area contributed by atoms with Gasteiger partial charge in [0.25, 0.3) is 0 Å². The standard InChI is InChI=1S/C15H19N3O4S/c1-23(20,21)18-6-4-11(5-7-18)10-22-14-3-2-12(9-19)13-8-16-17-15(13)14/h2-3,9,11H,4-8,10H2,1H3. The van der Waals surface area contributed by atoms with E-state index in [-0.39, 0.29) is 0 Å². The Morgan fingerprint density at radius 2 is 2.09 bits per heavy atom. The average Bonchev–Trinajstić information content (AvgIpc) is 3.02. The number of rotatable bonds is 5. The molecule has 0 spiro atoms. The number of carbonyl (C=O) groups excluding carboxylic acids is 1. The monoisotopic (exact) mass is 337 g/mol. The van der Waals surface area contributed by atoms with Crippen molar-refractivity contribution in [2.45, 2.75) is 19.4 Å². The van der Waals surface area contributed by atoms with Crippen LogP contribution in [0.15, 0.2) is 22.4 Å². The van der Waals surface area contributed by atoms with Crippen LogP contribution in [0.1, 0.15) is 28.8 Å². The third kappa shape index (κ3) is 3.42. The molecule has 124 valence electrons. The fourth-order valence-electron chi connectivity index (χ4n) is 2.93. The minimum absolute atomic E-state index is 0.313. The first kappa shape index (κ1) is 16.1. The number of hydrogen-bond donors (Lipinski definition) is 0. The van der Waals surface area contributed by atoms with E-state index in [2.05, 4.69) is 10.2 Å². The van der Waals surface area contributed by atoms with E-state index in [0.29, 0.717) is 49.2 Å². The molecule has 2 aliphatic heterocycles. The summed E-state index contributed by atoms with van der Waals surface area (Å²) >= 11 is 0. The van der Waals surface area contributed by atoms with E-state index in [1.165, 1.54) is 10.6 Å². The summed E-state index contributed by atoms with van der Waals surface area (Å²) in [7, 11) is -3.10. The highest BCUT2D eigenvalue weighted by atomic mass is 32.2. The molecule has 0 N–H and O–H groups in total. The molecule has 7 nitrogen and oxygen atoms in total. The van der Waals surface area contributed by atoms with Gasteiger partial charge in [-0.2, -0.15) is 10.2 Å². The number of azo groups is 1.